The van der Waals surface area contributed by atoms with E-state index in [4.69, 9.17) is 11.5 Å². The van der Waals surface area contributed by atoms with Crippen LogP contribution < -0.4 is 11.5 Å². The Morgan fingerprint density at radius 3 is 2.00 bits per heavy atom. The van der Waals surface area contributed by atoms with Crippen molar-refractivity contribution in [2.75, 3.05) is 6.54 Å². The Labute approximate surface area is 68.5 Å². The number of nitrogens with two attached hydrogens (primary N) is 2. The number of hydrogen-bond acceptors (Lipinski definition) is 2. The molecule has 0 heterocycles. The zero-order valence-corrected chi connectivity index (χ0v) is 6.88. The zero-order valence-electron chi connectivity index (χ0n) is 5.25. The summed E-state index contributed by atoms with van der Waals surface area (Å²) in [5.74, 6) is 0. The van der Waals surface area contributed by atoms with Crippen LogP contribution in [-0.4, -0.2) is 12.6 Å². The molecule has 1 atom stereocenters. The first-order valence-corrected chi connectivity index (χ1v) is 2.37. The third-order valence-corrected chi connectivity index (χ3v) is 0.772. The molecule has 58 valence electrons. The lowest BCUT2D eigenvalue weighted by Gasteiger charge is -2.00. The normalized spacial score (nSPS) is 10.4. The molecule has 0 aromatic heterocycles. The third kappa shape index (κ3) is 11.7. The van der Waals surface area contributed by atoms with Crippen molar-refractivity contribution in [1.82, 2.24) is 0 Å². The lowest BCUT2D eigenvalue weighted by molar-refractivity contribution is 0.694. The van der Waals surface area contributed by atoms with E-state index in [0.717, 1.165) is 6.42 Å². The first-order valence-electron chi connectivity index (χ1n) is 2.37. The quantitative estimate of drug-likeness (QED) is 0.617. The fourth-order valence-corrected chi connectivity index (χ4v) is 0.310. The molecule has 0 aromatic carbocycles. The summed E-state index contributed by atoms with van der Waals surface area (Å²) in [6.45, 7) is 4.06. The summed E-state index contributed by atoms with van der Waals surface area (Å²) >= 11 is 0. The van der Waals surface area contributed by atoms with E-state index in [2.05, 4.69) is 6.58 Å². The molecule has 0 saturated heterocycles. The molecule has 0 radical (unpaired) electrons. The Morgan fingerprint density at radius 1 is 1.44 bits per heavy atom. The van der Waals surface area contributed by atoms with Crippen LogP contribution in [0, 0.1) is 0 Å². The average Bonchev–Trinajstić information content (AvgIpc) is 1.68. The van der Waals surface area contributed by atoms with E-state index >= 15 is 0 Å². The third-order valence-electron chi connectivity index (χ3n) is 0.772. The lowest BCUT2D eigenvalue weighted by atomic mass is 10.2. The van der Waals surface area contributed by atoms with Crippen LogP contribution in [0.2, 0.25) is 0 Å². The highest BCUT2D eigenvalue weighted by Gasteiger charge is 1.90. The minimum absolute atomic E-state index is 0. The molecule has 0 aromatic rings. The van der Waals surface area contributed by atoms with Crippen molar-refractivity contribution in [2.24, 2.45) is 11.5 Å². The summed E-state index contributed by atoms with van der Waals surface area (Å²) in [5, 5.41) is 0. The van der Waals surface area contributed by atoms with Crippen LogP contribution in [0.1, 0.15) is 6.42 Å². The molecule has 0 aliphatic rings. The average molecular weight is 173 g/mol. The van der Waals surface area contributed by atoms with Crippen LogP contribution >= 0.6 is 24.8 Å². The van der Waals surface area contributed by atoms with E-state index in [1.165, 1.54) is 0 Å². The second-order valence-corrected chi connectivity index (χ2v) is 1.52. The first kappa shape index (κ1) is 16.1. The van der Waals surface area contributed by atoms with Crippen LogP contribution in [0.3, 0.4) is 0 Å². The molecule has 4 heteroatoms. The fourth-order valence-electron chi connectivity index (χ4n) is 0.310. The number of rotatable bonds is 3. The second-order valence-electron chi connectivity index (χ2n) is 1.52. The fraction of sp³-hybridized carbons (Fsp3) is 0.600. The summed E-state index contributed by atoms with van der Waals surface area (Å²) in [6.07, 6.45) is 2.59. The van der Waals surface area contributed by atoms with Gasteiger partial charge in [-0.2, -0.15) is 0 Å². The molecule has 0 bridgehead atoms. The van der Waals surface area contributed by atoms with Gasteiger partial charge >= 0.3 is 0 Å². The van der Waals surface area contributed by atoms with E-state index < -0.39 is 0 Å². The van der Waals surface area contributed by atoms with Gasteiger partial charge in [0, 0.05) is 12.6 Å². The molecule has 4 N–H and O–H groups in total. The van der Waals surface area contributed by atoms with Gasteiger partial charge in [-0.3, -0.25) is 0 Å². The molecule has 1 unspecified atom stereocenters. The Bertz CT molecular complexity index is 58.9. The molecule has 0 spiro atoms. The largest absolute Gasteiger partial charge is 0.329 e. The summed E-state index contributed by atoms with van der Waals surface area (Å²) in [6, 6.07) is 0.109. The van der Waals surface area contributed by atoms with Crippen molar-refractivity contribution in [3.05, 3.63) is 12.7 Å². The minimum atomic E-state index is 0. The smallest absolute Gasteiger partial charge is 0.0197 e. The summed E-state index contributed by atoms with van der Waals surface area (Å²) in [5.41, 5.74) is 10.6. The van der Waals surface area contributed by atoms with Crippen LogP contribution in [-0.2, 0) is 0 Å². The highest BCUT2D eigenvalue weighted by molar-refractivity contribution is 5.85. The van der Waals surface area contributed by atoms with Gasteiger partial charge < -0.3 is 11.5 Å². The van der Waals surface area contributed by atoms with Gasteiger partial charge in [0.25, 0.3) is 0 Å². The van der Waals surface area contributed by atoms with E-state index in [9.17, 15) is 0 Å². The van der Waals surface area contributed by atoms with Crippen molar-refractivity contribution >= 4 is 24.8 Å². The Hall–Kier alpha value is 0.240. The van der Waals surface area contributed by atoms with Crippen molar-refractivity contribution in [3.8, 4) is 0 Å². The van der Waals surface area contributed by atoms with E-state index in [-0.39, 0.29) is 30.9 Å². The molecule has 0 saturated carbocycles. The van der Waals surface area contributed by atoms with Crippen molar-refractivity contribution in [1.29, 1.82) is 0 Å². The van der Waals surface area contributed by atoms with Crippen LogP contribution in [0.25, 0.3) is 0 Å². The van der Waals surface area contributed by atoms with Gasteiger partial charge in [-0.25, -0.2) is 0 Å². The van der Waals surface area contributed by atoms with Crippen molar-refractivity contribution < 1.29 is 0 Å². The molecule has 0 fully saturated rings. The highest BCUT2D eigenvalue weighted by atomic mass is 35.5. The van der Waals surface area contributed by atoms with Crippen molar-refractivity contribution in [3.63, 3.8) is 0 Å². The maximum absolute atomic E-state index is 5.39. The standard InChI is InChI=1S/C5H12N2.2ClH/c1-2-3-5(7)4-6;;/h2,5H,1,3-4,6-7H2;2*1H. The molecule has 0 aliphatic carbocycles. The van der Waals surface area contributed by atoms with E-state index in [0.29, 0.717) is 6.54 Å². The predicted octanol–water partition coefficient (Wildman–Crippen LogP) is 0.692. The first-order chi connectivity index (χ1) is 3.31. The summed E-state index contributed by atoms with van der Waals surface area (Å²) in [4.78, 5) is 0. The Morgan fingerprint density at radius 2 is 1.89 bits per heavy atom. The van der Waals surface area contributed by atoms with Crippen LogP contribution in [0.4, 0.5) is 0 Å². The molecular weight excluding hydrogens is 159 g/mol. The molecule has 9 heavy (non-hydrogen) atoms. The maximum atomic E-state index is 5.39. The zero-order chi connectivity index (χ0) is 5.70. The van der Waals surface area contributed by atoms with Crippen molar-refractivity contribution in [2.45, 2.75) is 12.5 Å². The molecule has 0 rings (SSSR count). The van der Waals surface area contributed by atoms with Gasteiger partial charge in [0.1, 0.15) is 0 Å². The Balaban J connectivity index is -0.000000180. The predicted molar refractivity (Wildman–Crippen MR) is 46.3 cm³/mol. The van der Waals surface area contributed by atoms with Gasteiger partial charge in [0.15, 0.2) is 0 Å². The van der Waals surface area contributed by atoms with Gasteiger partial charge in [0.05, 0.1) is 0 Å². The van der Waals surface area contributed by atoms with Gasteiger partial charge in [-0.05, 0) is 6.42 Å². The van der Waals surface area contributed by atoms with Crippen LogP contribution in [0.5, 0.6) is 0 Å². The summed E-state index contributed by atoms with van der Waals surface area (Å²) in [7, 11) is 0. The SMILES string of the molecule is C=CCC(N)CN.Cl.Cl. The molecule has 0 amide bonds. The Kier molecular flexibility index (Phi) is 19.9. The number of hydrogen-bond donors (Lipinski definition) is 2. The van der Waals surface area contributed by atoms with E-state index in [1.54, 1.807) is 6.08 Å². The lowest BCUT2D eigenvalue weighted by Crippen LogP contribution is -2.28. The maximum Gasteiger partial charge on any atom is 0.0197 e. The molecular formula is C5H14Cl2N2. The summed E-state index contributed by atoms with van der Waals surface area (Å²) < 4.78 is 0. The monoisotopic (exact) mass is 172 g/mol. The van der Waals surface area contributed by atoms with Gasteiger partial charge in [0.2, 0.25) is 0 Å². The van der Waals surface area contributed by atoms with Crippen LogP contribution in [0.15, 0.2) is 12.7 Å². The van der Waals surface area contributed by atoms with Gasteiger partial charge in [-0.15, -0.1) is 31.4 Å². The molecule has 2 nitrogen and oxygen atoms in total. The van der Waals surface area contributed by atoms with Gasteiger partial charge in [-0.1, -0.05) is 6.08 Å². The van der Waals surface area contributed by atoms with E-state index in [1.807, 2.05) is 0 Å². The molecule has 0 aliphatic heterocycles. The second kappa shape index (κ2) is 11.1. The minimum Gasteiger partial charge on any atom is -0.329 e. The number of halogens is 2. The highest BCUT2D eigenvalue weighted by Crippen LogP contribution is 1.82. The topological polar surface area (TPSA) is 52.0 Å².